The largest absolute Gasteiger partial charge is 0.454 e. The highest BCUT2D eigenvalue weighted by Crippen LogP contribution is 2.61. The molecule has 4 aliphatic rings. The van der Waals surface area contributed by atoms with E-state index in [1.165, 1.54) is 11.0 Å². The summed E-state index contributed by atoms with van der Waals surface area (Å²) in [5.41, 5.74) is 5.36. The van der Waals surface area contributed by atoms with Crippen LogP contribution in [0.15, 0.2) is 103 Å². The lowest BCUT2D eigenvalue weighted by molar-refractivity contribution is -0.122. The maximum Gasteiger partial charge on any atom is 0.338 e. The molecular formula is C33H23NO5. The summed E-state index contributed by atoms with van der Waals surface area (Å²) in [6.45, 7) is -0.404. The van der Waals surface area contributed by atoms with Gasteiger partial charge in [-0.2, -0.15) is 0 Å². The van der Waals surface area contributed by atoms with Crippen LogP contribution in [0, 0.1) is 11.8 Å². The van der Waals surface area contributed by atoms with E-state index in [0.29, 0.717) is 11.3 Å². The highest BCUT2D eigenvalue weighted by molar-refractivity contribution is 6.23. The van der Waals surface area contributed by atoms with Crippen molar-refractivity contribution in [2.75, 3.05) is 11.5 Å². The number of Topliss-reactive ketones (excluding diaryl/α,β-unsaturated/α-hetero) is 1. The Hall–Kier alpha value is -4.84. The Balaban J connectivity index is 1.19. The van der Waals surface area contributed by atoms with Crippen molar-refractivity contribution < 1.29 is 23.9 Å². The van der Waals surface area contributed by atoms with Gasteiger partial charge in [-0.25, -0.2) is 9.69 Å². The van der Waals surface area contributed by atoms with Gasteiger partial charge in [-0.3, -0.25) is 14.4 Å². The SMILES string of the molecule is O=C(COC(=O)c1cccc(N2C(=O)[C@@H]3C4c5ccccc5C(c5ccccc54)[C@H]3C2=O)c1)c1ccccc1. The van der Waals surface area contributed by atoms with Gasteiger partial charge in [0, 0.05) is 17.4 Å². The first-order valence-electron chi connectivity index (χ1n) is 13.0. The third kappa shape index (κ3) is 3.48. The van der Waals surface area contributed by atoms with Crippen LogP contribution in [0.3, 0.4) is 0 Å². The van der Waals surface area contributed by atoms with Crippen LogP contribution in [0.4, 0.5) is 5.69 Å². The molecule has 4 aromatic carbocycles. The summed E-state index contributed by atoms with van der Waals surface area (Å²) in [5.74, 6) is -2.95. The molecule has 6 nitrogen and oxygen atoms in total. The molecule has 6 heteroatoms. The molecule has 0 N–H and O–H groups in total. The van der Waals surface area contributed by atoms with Crippen LogP contribution < -0.4 is 4.90 Å². The number of ketones is 1. The molecule has 2 amide bonds. The number of ether oxygens (including phenoxy) is 1. The molecule has 190 valence electrons. The Bertz CT molecular complexity index is 1560. The van der Waals surface area contributed by atoms with Gasteiger partial charge in [0.25, 0.3) is 0 Å². The summed E-state index contributed by atoms with van der Waals surface area (Å²) in [4.78, 5) is 54.3. The van der Waals surface area contributed by atoms with Crippen molar-refractivity contribution in [1.29, 1.82) is 0 Å². The minimum atomic E-state index is -0.697. The number of amides is 2. The van der Waals surface area contributed by atoms with Gasteiger partial charge in [0.2, 0.25) is 11.8 Å². The van der Waals surface area contributed by atoms with Gasteiger partial charge >= 0.3 is 5.97 Å². The van der Waals surface area contributed by atoms with Gasteiger partial charge < -0.3 is 4.74 Å². The molecule has 0 radical (unpaired) electrons. The number of nitrogens with zero attached hydrogens (tertiary/aromatic N) is 1. The maximum absolute atomic E-state index is 14.0. The Kier molecular flexibility index (Phi) is 5.30. The number of carbonyl (C=O) groups excluding carboxylic acids is 4. The monoisotopic (exact) mass is 513 g/mol. The Morgan fingerprint density at radius 3 is 1.64 bits per heavy atom. The van der Waals surface area contributed by atoms with Crippen molar-refractivity contribution in [2.45, 2.75) is 11.8 Å². The minimum absolute atomic E-state index is 0.165. The van der Waals surface area contributed by atoms with Crippen molar-refractivity contribution in [3.63, 3.8) is 0 Å². The van der Waals surface area contributed by atoms with Crippen molar-refractivity contribution in [2.24, 2.45) is 11.8 Å². The molecule has 4 aromatic rings. The van der Waals surface area contributed by atoms with E-state index in [2.05, 4.69) is 24.3 Å². The van der Waals surface area contributed by atoms with Crippen LogP contribution in [0.1, 0.15) is 54.8 Å². The smallest absolute Gasteiger partial charge is 0.338 e. The van der Waals surface area contributed by atoms with E-state index in [9.17, 15) is 19.2 Å². The molecule has 1 fully saturated rings. The lowest BCUT2D eigenvalue weighted by Crippen LogP contribution is -2.41. The molecule has 0 saturated carbocycles. The third-order valence-corrected chi connectivity index (χ3v) is 8.22. The number of hydrogen-bond donors (Lipinski definition) is 0. The number of esters is 1. The number of imide groups is 1. The van der Waals surface area contributed by atoms with Crippen molar-refractivity contribution in [3.8, 4) is 0 Å². The number of carbonyl (C=O) groups is 4. The highest BCUT2D eigenvalue weighted by atomic mass is 16.5. The number of rotatable bonds is 5. The van der Waals surface area contributed by atoms with Gasteiger partial charge in [-0.1, -0.05) is 84.9 Å². The predicted molar refractivity (Wildman–Crippen MR) is 144 cm³/mol. The van der Waals surface area contributed by atoms with Gasteiger partial charge in [0.1, 0.15) is 0 Å². The van der Waals surface area contributed by atoms with Crippen LogP contribution in [-0.4, -0.2) is 30.2 Å². The van der Waals surface area contributed by atoms with Crippen LogP contribution in [-0.2, 0) is 14.3 Å². The Labute approximate surface area is 224 Å². The molecule has 1 saturated heterocycles. The molecule has 2 bridgehead atoms. The first kappa shape index (κ1) is 23.3. The van der Waals surface area contributed by atoms with Crippen molar-refractivity contribution in [1.82, 2.24) is 0 Å². The molecule has 3 aliphatic carbocycles. The van der Waals surface area contributed by atoms with Gasteiger partial charge in [0.15, 0.2) is 12.4 Å². The zero-order chi connectivity index (χ0) is 26.7. The first-order valence-corrected chi connectivity index (χ1v) is 13.0. The second-order valence-corrected chi connectivity index (χ2v) is 10.2. The molecule has 1 heterocycles. The number of hydrogen-bond acceptors (Lipinski definition) is 5. The van der Waals surface area contributed by atoms with E-state index in [-0.39, 0.29) is 35.0 Å². The van der Waals surface area contributed by atoms with E-state index >= 15 is 0 Å². The lowest BCUT2D eigenvalue weighted by Gasteiger charge is -2.45. The molecule has 2 atom stereocenters. The molecule has 0 aromatic heterocycles. The summed E-state index contributed by atoms with van der Waals surface area (Å²) < 4.78 is 5.26. The summed E-state index contributed by atoms with van der Waals surface area (Å²) in [6.07, 6.45) is 0. The zero-order valence-electron chi connectivity index (χ0n) is 20.8. The van der Waals surface area contributed by atoms with Crippen molar-refractivity contribution in [3.05, 3.63) is 137 Å². The molecule has 0 unspecified atom stereocenters. The minimum Gasteiger partial charge on any atom is -0.454 e. The fourth-order valence-corrected chi connectivity index (χ4v) is 6.63. The Morgan fingerprint density at radius 2 is 1.10 bits per heavy atom. The van der Waals surface area contributed by atoms with Crippen molar-refractivity contribution >= 4 is 29.3 Å². The molecule has 8 rings (SSSR count). The van der Waals surface area contributed by atoms with E-state index in [0.717, 1.165) is 22.3 Å². The third-order valence-electron chi connectivity index (χ3n) is 8.22. The summed E-state index contributed by atoms with van der Waals surface area (Å²) in [5, 5.41) is 0. The second-order valence-electron chi connectivity index (χ2n) is 10.2. The first-order chi connectivity index (χ1) is 19.0. The normalized spacial score (nSPS) is 22.2. The Morgan fingerprint density at radius 1 is 0.615 bits per heavy atom. The summed E-state index contributed by atoms with van der Waals surface area (Å²) in [7, 11) is 0. The van der Waals surface area contributed by atoms with E-state index in [1.807, 2.05) is 24.3 Å². The van der Waals surface area contributed by atoms with Crippen LogP contribution >= 0.6 is 0 Å². The fraction of sp³-hybridized carbons (Fsp3) is 0.152. The number of benzene rings is 4. The average molecular weight is 514 g/mol. The van der Waals surface area contributed by atoms with E-state index < -0.39 is 24.4 Å². The van der Waals surface area contributed by atoms with E-state index in [1.54, 1.807) is 48.5 Å². The zero-order valence-corrected chi connectivity index (χ0v) is 20.8. The van der Waals surface area contributed by atoms with Crippen LogP contribution in [0.2, 0.25) is 0 Å². The van der Waals surface area contributed by atoms with E-state index in [4.69, 9.17) is 4.74 Å². The molecule has 1 aliphatic heterocycles. The predicted octanol–water partition coefficient (Wildman–Crippen LogP) is 5.12. The molecular weight excluding hydrogens is 490 g/mol. The van der Waals surface area contributed by atoms with Crippen LogP contribution in [0.25, 0.3) is 0 Å². The fourth-order valence-electron chi connectivity index (χ4n) is 6.63. The topological polar surface area (TPSA) is 80.8 Å². The molecule has 0 spiro atoms. The quantitative estimate of drug-likeness (QED) is 0.210. The lowest BCUT2D eigenvalue weighted by atomic mass is 9.55. The van der Waals surface area contributed by atoms with Gasteiger partial charge in [-0.05, 0) is 40.5 Å². The maximum atomic E-state index is 14.0. The van der Waals surface area contributed by atoms with Gasteiger partial charge in [0.05, 0.1) is 23.1 Å². The standard InChI is InChI=1S/C33H23NO5/c35-26(19-9-2-1-3-10-19)18-39-33(38)20-11-8-12-21(17-20)34-31(36)29-27-22-13-4-5-14-23(22)28(30(29)32(34)37)25-16-7-6-15-24(25)27/h1-17,27-30H,18H2/t27?,28?,29-,30-/m1/s1. The highest BCUT2D eigenvalue weighted by Gasteiger charge is 2.61. The summed E-state index contributed by atoms with van der Waals surface area (Å²) in [6, 6.07) is 31.1. The van der Waals surface area contributed by atoms with Crippen LogP contribution in [0.5, 0.6) is 0 Å². The average Bonchev–Trinajstić information content (AvgIpc) is 3.26. The van der Waals surface area contributed by atoms with Gasteiger partial charge in [-0.15, -0.1) is 0 Å². The summed E-state index contributed by atoms with van der Waals surface area (Å²) >= 11 is 0. The number of anilines is 1. The molecule has 39 heavy (non-hydrogen) atoms. The second kappa shape index (κ2) is 8.88.